The lowest BCUT2D eigenvalue weighted by atomic mass is 9.92. The molecule has 2 aromatic carbocycles. The van der Waals surface area contributed by atoms with Gasteiger partial charge in [-0.1, -0.05) is 18.2 Å². The molecule has 0 aliphatic rings. The number of hydrogen-bond acceptors (Lipinski definition) is 6. The summed E-state index contributed by atoms with van der Waals surface area (Å²) >= 11 is 0. The van der Waals surface area contributed by atoms with Crippen molar-refractivity contribution in [1.29, 1.82) is 5.41 Å². The molecule has 40 heavy (non-hydrogen) atoms. The topological polar surface area (TPSA) is 170 Å². The summed E-state index contributed by atoms with van der Waals surface area (Å²) in [5.74, 6) is -4.25. The van der Waals surface area contributed by atoms with Crippen LogP contribution in [-0.4, -0.2) is 48.1 Å². The molecule has 0 radical (unpaired) electrons. The van der Waals surface area contributed by atoms with Crippen LogP contribution in [0.25, 0.3) is 11.3 Å². The Bertz CT molecular complexity index is 1360. The van der Waals surface area contributed by atoms with Crippen LogP contribution in [0.1, 0.15) is 28.4 Å². The second-order valence-corrected chi connectivity index (χ2v) is 8.50. The van der Waals surface area contributed by atoms with E-state index in [-0.39, 0.29) is 11.7 Å². The number of carboxylic acids is 1. The number of aliphatic carboxylic acids is 1. The zero-order valence-corrected chi connectivity index (χ0v) is 21.4. The molecule has 0 spiro atoms. The fourth-order valence-electron chi connectivity index (χ4n) is 3.57. The molecule has 0 fully saturated rings. The molecule has 13 heteroatoms. The largest absolute Gasteiger partial charge is 0.618 e. The Morgan fingerprint density at radius 3 is 2.23 bits per heavy atom. The first kappa shape index (κ1) is 31.3. The van der Waals surface area contributed by atoms with Gasteiger partial charge in [-0.2, -0.15) is 17.9 Å². The van der Waals surface area contributed by atoms with Crippen molar-refractivity contribution in [3.63, 3.8) is 0 Å². The fraction of sp³-hybridized carbons (Fsp3) is 0.222. The molecule has 3 rings (SSSR count). The second-order valence-electron chi connectivity index (χ2n) is 8.50. The number of esters is 1. The van der Waals surface area contributed by atoms with E-state index in [4.69, 9.17) is 25.8 Å². The van der Waals surface area contributed by atoms with Crippen LogP contribution in [0.5, 0.6) is 0 Å². The van der Waals surface area contributed by atoms with Crippen molar-refractivity contribution in [2.24, 2.45) is 11.7 Å². The maximum Gasteiger partial charge on any atom is 0.490 e. The first-order chi connectivity index (χ1) is 18.7. The van der Waals surface area contributed by atoms with Gasteiger partial charge < -0.3 is 26.1 Å². The molecular formula is C27H27F3N4O6. The van der Waals surface area contributed by atoms with Crippen molar-refractivity contribution in [3.8, 4) is 11.3 Å². The van der Waals surface area contributed by atoms with Gasteiger partial charge in [-0.25, -0.2) is 4.79 Å². The predicted octanol–water partition coefficient (Wildman–Crippen LogP) is 3.05. The van der Waals surface area contributed by atoms with Crippen LogP contribution < -0.4 is 15.8 Å². The number of hydrogen-bond donors (Lipinski definition) is 4. The van der Waals surface area contributed by atoms with E-state index >= 15 is 0 Å². The normalized spacial score (nSPS) is 12.2. The first-order valence-corrected chi connectivity index (χ1v) is 11.6. The molecule has 0 bridgehead atoms. The maximum atomic E-state index is 12.8. The van der Waals surface area contributed by atoms with Gasteiger partial charge in [-0.15, -0.1) is 0 Å². The number of carbonyl (C=O) groups excluding carboxylic acids is 2. The Hall–Kier alpha value is -4.94. The molecule has 3 aromatic rings. The SMILES string of the molecule is COC(=O)[C@H](Cc1cccc(C(=N)N)c1)[C@@H](C)NC(=O)c1ccc(-c2cccc[n+]2[O-])cc1.O=C(O)C(F)(F)F. The van der Waals surface area contributed by atoms with Crippen LogP contribution in [0.2, 0.25) is 0 Å². The van der Waals surface area contributed by atoms with Gasteiger partial charge in [0.25, 0.3) is 5.91 Å². The number of rotatable bonds is 8. The number of carbonyl (C=O) groups is 3. The number of ether oxygens (including phenoxy) is 1. The van der Waals surface area contributed by atoms with Gasteiger partial charge in [0.1, 0.15) is 5.84 Å². The van der Waals surface area contributed by atoms with E-state index in [1.807, 2.05) is 6.07 Å². The average molecular weight is 561 g/mol. The third-order valence-corrected chi connectivity index (χ3v) is 5.67. The summed E-state index contributed by atoms with van der Waals surface area (Å²) in [7, 11) is 1.31. The van der Waals surface area contributed by atoms with E-state index < -0.39 is 30.1 Å². The minimum atomic E-state index is -5.08. The Kier molecular flexibility index (Phi) is 10.7. The number of carboxylic acid groups (broad SMARTS) is 1. The fourth-order valence-corrected chi connectivity index (χ4v) is 3.57. The summed E-state index contributed by atoms with van der Waals surface area (Å²) in [5.41, 5.74) is 8.50. The van der Waals surface area contributed by atoms with Crippen molar-refractivity contribution in [1.82, 2.24) is 5.32 Å². The minimum absolute atomic E-state index is 0.0609. The smallest absolute Gasteiger partial charge is 0.490 e. The van der Waals surface area contributed by atoms with E-state index in [0.29, 0.717) is 28.8 Å². The van der Waals surface area contributed by atoms with Gasteiger partial charge in [0.2, 0.25) is 5.69 Å². The summed E-state index contributed by atoms with van der Waals surface area (Å²) in [6, 6.07) is 18.3. The van der Waals surface area contributed by atoms with Gasteiger partial charge in [0.05, 0.1) is 13.0 Å². The van der Waals surface area contributed by atoms with E-state index in [0.717, 1.165) is 10.3 Å². The van der Waals surface area contributed by atoms with Crippen LogP contribution in [0.15, 0.2) is 72.9 Å². The highest BCUT2D eigenvalue weighted by molar-refractivity contribution is 5.95. The van der Waals surface area contributed by atoms with Crippen molar-refractivity contribution in [3.05, 3.63) is 94.8 Å². The van der Waals surface area contributed by atoms with Gasteiger partial charge in [0.15, 0.2) is 6.20 Å². The van der Waals surface area contributed by atoms with Crippen LogP contribution in [0, 0.1) is 16.5 Å². The third-order valence-electron chi connectivity index (χ3n) is 5.67. The molecule has 1 amide bonds. The lowest BCUT2D eigenvalue weighted by Gasteiger charge is -2.23. The molecule has 0 saturated carbocycles. The van der Waals surface area contributed by atoms with Gasteiger partial charge >= 0.3 is 18.1 Å². The summed E-state index contributed by atoms with van der Waals surface area (Å²) < 4.78 is 37.5. The number of aromatic nitrogens is 1. The van der Waals surface area contributed by atoms with Gasteiger partial charge in [-0.3, -0.25) is 15.0 Å². The number of nitrogen functional groups attached to an aromatic ring is 1. The lowest BCUT2D eigenvalue weighted by Crippen LogP contribution is -2.42. The molecule has 5 N–H and O–H groups in total. The van der Waals surface area contributed by atoms with E-state index in [1.165, 1.54) is 13.3 Å². The number of amides is 1. The van der Waals surface area contributed by atoms with Crippen LogP contribution in [-0.2, 0) is 20.7 Å². The Labute approximate surface area is 227 Å². The highest BCUT2D eigenvalue weighted by Crippen LogP contribution is 2.19. The van der Waals surface area contributed by atoms with Crippen LogP contribution in [0.3, 0.4) is 0 Å². The van der Waals surface area contributed by atoms with E-state index in [9.17, 15) is 28.0 Å². The number of nitrogens with zero attached hydrogens (tertiary/aromatic N) is 1. The number of halogens is 3. The van der Waals surface area contributed by atoms with Crippen molar-refractivity contribution in [2.45, 2.75) is 25.6 Å². The molecular weight excluding hydrogens is 533 g/mol. The summed E-state index contributed by atoms with van der Waals surface area (Å²) in [5, 5.41) is 29.5. The summed E-state index contributed by atoms with van der Waals surface area (Å²) in [4.78, 5) is 34.2. The highest BCUT2D eigenvalue weighted by atomic mass is 19.4. The van der Waals surface area contributed by atoms with Crippen LogP contribution in [0.4, 0.5) is 13.2 Å². The molecule has 10 nitrogen and oxygen atoms in total. The van der Waals surface area contributed by atoms with E-state index in [1.54, 1.807) is 67.6 Å². The number of benzene rings is 2. The molecule has 0 aliphatic heterocycles. The Morgan fingerprint density at radius 2 is 1.70 bits per heavy atom. The summed E-state index contributed by atoms with van der Waals surface area (Å²) in [6.45, 7) is 1.74. The number of nitrogens with one attached hydrogen (secondary N) is 2. The lowest BCUT2D eigenvalue weighted by molar-refractivity contribution is -0.593. The monoisotopic (exact) mass is 560 g/mol. The molecule has 2 atom stereocenters. The molecule has 212 valence electrons. The molecule has 0 unspecified atom stereocenters. The zero-order chi connectivity index (χ0) is 30.0. The highest BCUT2D eigenvalue weighted by Gasteiger charge is 2.38. The first-order valence-electron chi connectivity index (χ1n) is 11.6. The van der Waals surface area contributed by atoms with Crippen molar-refractivity contribution < 1.29 is 42.1 Å². The minimum Gasteiger partial charge on any atom is -0.618 e. The standard InChI is InChI=1S/C25H26N4O4.C2HF3O2/c1-16(21(25(31)33-2)15-17-6-5-7-20(14-17)23(26)27)28-24(30)19-11-9-18(10-12-19)22-8-3-4-13-29(22)32;3-2(4,5)1(6)7/h3-14,16,21H,15H2,1-2H3,(H3,26,27)(H,28,30);(H,6,7)/t16-,21-;/m1./s1. The van der Waals surface area contributed by atoms with Gasteiger partial charge in [-0.05, 0) is 55.3 Å². The molecule has 1 aromatic heterocycles. The zero-order valence-electron chi connectivity index (χ0n) is 21.4. The second kappa shape index (κ2) is 13.7. The quantitative estimate of drug-likeness (QED) is 0.108. The summed E-state index contributed by atoms with van der Waals surface area (Å²) in [6.07, 6.45) is -3.36. The average Bonchev–Trinajstić information content (AvgIpc) is 2.91. The molecule has 0 aliphatic carbocycles. The Morgan fingerprint density at radius 1 is 1.07 bits per heavy atom. The predicted molar refractivity (Wildman–Crippen MR) is 138 cm³/mol. The van der Waals surface area contributed by atoms with Crippen molar-refractivity contribution >= 4 is 23.7 Å². The molecule has 0 saturated heterocycles. The number of alkyl halides is 3. The third kappa shape index (κ3) is 8.82. The number of amidine groups is 1. The maximum absolute atomic E-state index is 12.8. The number of methoxy groups -OCH3 is 1. The van der Waals surface area contributed by atoms with E-state index in [2.05, 4.69) is 5.32 Å². The number of nitrogens with two attached hydrogens (primary N) is 1. The Balaban J connectivity index is 0.000000708. The number of pyridine rings is 1. The van der Waals surface area contributed by atoms with Crippen molar-refractivity contribution in [2.75, 3.05) is 7.11 Å². The molecule has 1 heterocycles. The van der Waals surface area contributed by atoms with Gasteiger partial charge in [0, 0.05) is 34.9 Å². The van der Waals surface area contributed by atoms with Crippen LogP contribution >= 0.6 is 0 Å².